The molecule has 7 heteroatoms. The highest BCUT2D eigenvalue weighted by Gasteiger charge is 2.43. The van der Waals surface area contributed by atoms with E-state index in [0.29, 0.717) is 5.69 Å². The van der Waals surface area contributed by atoms with Gasteiger partial charge in [-0.15, -0.1) is 8.78 Å². The molecule has 0 bridgehead atoms. The van der Waals surface area contributed by atoms with Crippen LogP contribution in [0.4, 0.5) is 14.5 Å². The monoisotopic (exact) mass is 361 g/mol. The van der Waals surface area contributed by atoms with Gasteiger partial charge in [0.2, 0.25) is 0 Å². The maximum atomic E-state index is 13.0. The normalized spacial score (nSPS) is 19.7. The summed E-state index contributed by atoms with van der Waals surface area (Å²) in [6.07, 6.45) is -0.443. The molecule has 3 N–H and O–H groups in total. The summed E-state index contributed by atoms with van der Waals surface area (Å²) in [7, 11) is 0. The minimum atomic E-state index is -3.66. The number of fused-ring (bicyclic) bond motifs is 2. The van der Waals surface area contributed by atoms with E-state index in [-0.39, 0.29) is 30.0 Å². The van der Waals surface area contributed by atoms with Gasteiger partial charge < -0.3 is 20.1 Å². The van der Waals surface area contributed by atoms with Crippen molar-refractivity contribution in [3.05, 3.63) is 53.6 Å². The first-order valence-electron chi connectivity index (χ1n) is 8.61. The highest BCUT2D eigenvalue weighted by atomic mass is 19.3. The summed E-state index contributed by atoms with van der Waals surface area (Å²) < 4.78 is 34.8. The minimum Gasteiger partial charge on any atom is -0.395 e. The van der Waals surface area contributed by atoms with Gasteiger partial charge in [0, 0.05) is 23.7 Å². The van der Waals surface area contributed by atoms with E-state index in [1.54, 1.807) is 0 Å². The van der Waals surface area contributed by atoms with Crippen LogP contribution in [0.3, 0.4) is 0 Å². The van der Waals surface area contributed by atoms with Gasteiger partial charge in [-0.05, 0) is 30.5 Å². The van der Waals surface area contributed by atoms with Crippen LogP contribution in [0.1, 0.15) is 30.0 Å². The molecule has 1 amide bonds. The maximum absolute atomic E-state index is 13.0. The van der Waals surface area contributed by atoms with Crippen LogP contribution in [-0.4, -0.2) is 18.7 Å². The standard InChI is InChI=1S/C19H18F2N2O3/c20-19(21)25-16-9-8-13(10-17(16)26-19)23-18(24)11-22-15-7-3-5-12-4-1-2-6-14(12)15/h1-2,4,6,8-10,15,22H,3,5,7,11H2,(H,23,24)/p+1/t15-/m1/s1. The first-order valence-corrected chi connectivity index (χ1v) is 8.61. The lowest BCUT2D eigenvalue weighted by molar-refractivity contribution is -0.687. The molecule has 2 aromatic carbocycles. The quantitative estimate of drug-likeness (QED) is 0.880. The van der Waals surface area contributed by atoms with Crippen LogP contribution >= 0.6 is 0 Å². The molecular formula is C19H19F2N2O3+. The van der Waals surface area contributed by atoms with Gasteiger partial charge in [-0.3, -0.25) is 4.79 Å². The maximum Gasteiger partial charge on any atom is 0.586 e. The van der Waals surface area contributed by atoms with Crippen molar-refractivity contribution in [1.29, 1.82) is 0 Å². The number of rotatable bonds is 4. The summed E-state index contributed by atoms with van der Waals surface area (Å²) >= 11 is 0. The number of carbonyl (C=O) groups is 1. The largest absolute Gasteiger partial charge is 0.586 e. The van der Waals surface area contributed by atoms with Crippen molar-refractivity contribution in [1.82, 2.24) is 0 Å². The predicted molar refractivity (Wildman–Crippen MR) is 90.2 cm³/mol. The SMILES string of the molecule is O=C(C[NH2+][C@@H]1CCCc2ccccc21)Nc1ccc2c(c1)OC(F)(F)O2. The van der Waals surface area contributed by atoms with Crippen molar-refractivity contribution < 1.29 is 28.4 Å². The summed E-state index contributed by atoms with van der Waals surface area (Å²) in [5.41, 5.74) is 3.03. The Bertz CT molecular complexity index is 841. The number of carbonyl (C=O) groups excluding carboxylic acids is 1. The molecule has 0 aromatic heterocycles. The number of hydrogen-bond donors (Lipinski definition) is 2. The number of nitrogens with one attached hydrogen (secondary N) is 1. The Morgan fingerprint density at radius 2 is 2.00 bits per heavy atom. The fourth-order valence-electron chi connectivity index (χ4n) is 3.52. The Morgan fingerprint density at radius 1 is 1.19 bits per heavy atom. The number of alkyl halides is 2. The zero-order valence-corrected chi connectivity index (χ0v) is 14.0. The molecule has 1 heterocycles. The smallest absolute Gasteiger partial charge is 0.395 e. The van der Waals surface area contributed by atoms with E-state index < -0.39 is 6.29 Å². The van der Waals surface area contributed by atoms with Crippen LogP contribution < -0.4 is 20.1 Å². The molecule has 0 fully saturated rings. The average Bonchev–Trinajstić information content (AvgIpc) is 2.93. The van der Waals surface area contributed by atoms with Gasteiger partial charge in [-0.2, -0.15) is 0 Å². The number of hydrogen-bond acceptors (Lipinski definition) is 3. The van der Waals surface area contributed by atoms with Crippen LogP contribution in [-0.2, 0) is 11.2 Å². The lowest BCUT2D eigenvalue weighted by atomic mass is 9.88. The van der Waals surface area contributed by atoms with E-state index in [0.717, 1.165) is 19.3 Å². The van der Waals surface area contributed by atoms with Gasteiger partial charge in [-0.25, -0.2) is 0 Å². The first-order chi connectivity index (χ1) is 12.5. The summed E-state index contributed by atoms with van der Waals surface area (Å²) in [5, 5.41) is 4.73. The third-order valence-corrected chi connectivity index (χ3v) is 4.69. The van der Waals surface area contributed by atoms with Gasteiger partial charge in [0.15, 0.2) is 18.0 Å². The highest BCUT2D eigenvalue weighted by Crippen LogP contribution is 2.42. The first kappa shape index (κ1) is 16.8. The van der Waals surface area contributed by atoms with E-state index in [9.17, 15) is 13.6 Å². The van der Waals surface area contributed by atoms with Crippen molar-refractivity contribution in [3.8, 4) is 11.5 Å². The molecule has 0 unspecified atom stereocenters. The molecule has 1 aliphatic heterocycles. The van der Waals surface area contributed by atoms with E-state index in [2.05, 4.69) is 26.9 Å². The number of anilines is 1. The number of benzene rings is 2. The Morgan fingerprint density at radius 3 is 2.88 bits per heavy atom. The molecule has 5 nitrogen and oxygen atoms in total. The summed E-state index contributed by atoms with van der Waals surface area (Å²) in [6, 6.07) is 12.8. The van der Waals surface area contributed by atoms with E-state index >= 15 is 0 Å². The van der Waals surface area contributed by atoms with Crippen LogP contribution in [0.15, 0.2) is 42.5 Å². The zero-order chi connectivity index (χ0) is 18.1. The third-order valence-electron chi connectivity index (χ3n) is 4.69. The second kappa shape index (κ2) is 6.57. The highest BCUT2D eigenvalue weighted by molar-refractivity contribution is 5.91. The number of amides is 1. The van der Waals surface area contributed by atoms with E-state index in [1.165, 1.54) is 29.3 Å². The molecule has 2 aliphatic rings. The zero-order valence-electron chi connectivity index (χ0n) is 14.0. The molecular weight excluding hydrogens is 342 g/mol. The van der Waals surface area contributed by atoms with Gasteiger partial charge in [0.25, 0.3) is 5.91 Å². The minimum absolute atomic E-state index is 0.0432. The van der Waals surface area contributed by atoms with Gasteiger partial charge in [-0.1, -0.05) is 24.3 Å². The molecule has 0 saturated carbocycles. The summed E-state index contributed by atoms with van der Waals surface area (Å²) in [6.45, 7) is 0.254. The summed E-state index contributed by atoms with van der Waals surface area (Å²) in [4.78, 5) is 12.2. The Hall–Kier alpha value is -2.67. The summed E-state index contributed by atoms with van der Waals surface area (Å²) in [5.74, 6) is -0.324. The van der Waals surface area contributed by atoms with E-state index in [1.807, 2.05) is 17.4 Å². The third kappa shape index (κ3) is 3.48. The van der Waals surface area contributed by atoms with Crippen molar-refractivity contribution in [2.75, 3.05) is 11.9 Å². The molecule has 2 aromatic rings. The second-order valence-electron chi connectivity index (χ2n) is 6.51. The molecule has 4 rings (SSSR count). The number of ether oxygens (including phenoxy) is 2. The van der Waals surface area contributed by atoms with Gasteiger partial charge in [0.1, 0.15) is 6.04 Å². The van der Waals surface area contributed by atoms with Gasteiger partial charge in [0.05, 0.1) is 0 Å². The number of quaternary nitrogens is 1. The van der Waals surface area contributed by atoms with Gasteiger partial charge >= 0.3 is 6.29 Å². The van der Waals surface area contributed by atoms with Crippen molar-refractivity contribution in [2.45, 2.75) is 31.6 Å². The Labute approximate surface area is 149 Å². The van der Waals surface area contributed by atoms with Crippen LogP contribution in [0, 0.1) is 0 Å². The lowest BCUT2D eigenvalue weighted by Gasteiger charge is -2.23. The van der Waals surface area contributed by atoms with Crippen molar-refractivity contribution >= 4 is 11.6 Å². The van der Waals surface area contributed by atoms with Crippen LogP contribution in [0.25, 0.3) is 0 Å². The van der Waals surface area contributed by atoms with Crippen LogP contribution in [0.2, 0.25) is 0 Å². The lowest BCUT2D eigenvalue weighted by Crippen LogP contribution is -2.87. The topological polar surface area (TPSA) is 64.2 Å². The predicted octanol–water partition coefficient (Wildman–Crippen LogP) is 2.59. The van der Waals surface area contributed by atoms with Crippen molar-refractivity contribution in [3.63, 3.8) is 0 Å². The number of halogens is 2. The molecule has 0 radical (unpaired) electrons. The molecule has 1 aliphatic carbocycles. The Kier molecular flexibility index (Phi) is 4.24. The molecule has 0 saturated heterocycles. The van der Waals surface area contributed by atoms with Crippen LogP contribution in [0.5, 0.6) is 11.5 Å². The van der Waals surface area contributed by atoms with Crippen molar-refractivity contribution in [2.24, 2.45) is 0 Å². The fraction of sp³-hybridized carbons (Fsp3) is 0.316. The second-order valence-corrected chi connectivity index (χ2v) is 6.51. The molecule has 136 valence electrons. The number of nitrogens with two attached hydrogens (primary N) is 1. The average molecular weight is 361 g/mol. The Balaban J connectivity index is 1.36. The van der Waals surface area contributed by atoms with E-state index in [4.69, 9.17) is 0 Å². The number of aryl methyl sites for hydroxylation is 1. The molecule has 0 spiro atoms. The molecule has 1 atom stereocenters. The molecule has 26 heavy (non-hydrogen) atoms. The fourth-order valence-corrected chi connectivity index (χ4v) is 3.52.